The van der Waals surface area contributed by atoms with Crippen molar-refractivity contribution in [1.29, 1.82) is 5.41 Å². The molecule has 1 aliphatic rings. The fourth-order valence-corrected chi connectivity index (χ4v) is 3.09. The van der Waals surface area contributed by atoms with Crippen molar-refractivity contribution in [3.05, 3.63) is 41.8 Å². The number of nitrogens with one attached hydrogen (secondary N) is 1. The molecule has 0 amide bonds. The molecule has 0 radical (unpaired) electrons. The highest BCUT2D eigenvalue weighted by atomic mass is 16.5. The second-order valence-corrected chi connectivity index (χ2v) is 6.95. The average molecular weight is 357 g/mol. The highest BCUT2D eigenvalue weighted by Crippen LogP contribution is 2.18. The molecule has 4 heteroatoms. The Balaban J connectivity index is 1.63. The maximum atomic E-state index is 9.36. The van der Waals surface area contributed by atoms with Crippen LogP contribution in [0.25, 0.3) is 0 Å². The van der Waals surface area contributed by atoms with Crippen molar-refractivity contribution < 1.29 is 9.84 Å². The van der Waals surface area contributed by atoms with Crippen LogP contribution >= 0.6 is 0 Å². The summed E-state index contributed by atoms with van der Waals surface area (Å²) in [7, 11) is 0. The Kier molecular flexibility index (Phi) is 8.94. The standard InChI is InChI=1S/C22H32N2O2/c1-2-3-4-5-6-7-8-9-10-15-26-20-16-21(23)22(24-17-20)18-11-13-19(25)14-12-18/h11-14,17,23,25H,2-10,15-16H2,1H3. The predicted octanol–water partition coefficient (Wildman–Crippen LogP) is 5.99. The molecular formula is C22H32N2O2. The van der Waals surface area contributed by atoms with E-state index < -0.39 is 0 Å². The first-order chi connectivity index (χ1) is 12.7. The van der Waals surface area contributed by atoms with E-state index in [9.17, 15) is 5.11 Å². The van der Waals surface area contributed by atoms with Crippen LogP contribution in [0.3, 0.4) is 0 Å². The summed E-state index contributed by atoms with van der Waals surface area (Å²) in [5.74, 6) is 0.995. The third kappa shape index (κ3) is 7.03. The lowest BCUT2D eigenvalue weighted by molar-refractivity contribution is 0.201. The summed E-state index contributed by atoms with van der Waals surface area (Å²) in [6, 6.07) is 6.80. The van der Waals surface area contributed by atoms with Gasteiger partial charge in [-0.05, 0) is 30.7 Å². The molecule has 26 heavy (non-hydrogen) atoms. The van der Waals surface area contributed by atoms with Gasteiger partial charge in [-0.3, -0.25) is 4.99 Å². The summed E-state index contributed by atoms with van der Waals surface area (Å²) in [5.41, 5.74) is 1.96. The van der Waals surface area contributed by atoms with Crippen LogP contribution in [0.1, 0.15) is 76.7 Å². The highest BCUT2D eigenvalue weighted by molar-refractivity contribution is 6.48. The van der Waals surface area contributed by atoms with Crippen molar-refractivity contribution >= 4 is 11.4 Å². The Labute approximate surface area is 157 Å². The number of hydrogen-bond donors (Lipinski definition) is 2. The molecule has 1 heterocycles. The minimum Gasteiger partial charge on any atom is -0.508 e. The van der Waals surface area contributed by atoms with Gasteiger partial charge in [-0.2, -0.15) is 0 Å². The molecule has 0 spiro atoms. The Bertz CT molecular complexity index is 618. The fourth-order valence-electron chi connectivity index (χ4n) is 3.09. The zero-order chi connectivity index (χ0) is 18.6. The van der Waals surface area contributed by atoms with Gasteiger partial charge in [0.05, 0.1) is 30.7 Å². The number of nitrogens with zero attached hydrogens (tertiary/aromatic N) is 1. The van der Waals surface area contributed by atoms with Crippen LogP contribution in [0.15, 0.2) is 41.2 Å². The first-order valence-electron chi connectivity index (χ1n) is 9.97. The van der Waals surface area contributed by atoms with Gasteiger partial charge in [0.1, 0.15) is 11.5 Å². The number of unbranched alkanes of at least 4 members (excludes halogenated alkanes) is 8. The Morgan fingerprint density at radius 3 is 2.19 bits per heavy atom. The molecule has 0 bridgehead atoms. The van der Waals surface area contributed by atoms with Crippen LogP contribution in [0, 0.1) is 5.41 Å². The molecule has 0 saturated heterocycles. The van der Waals surface area contributed by atoms with Crippen LogP contribution in [0.4, 0.5) is 0 Å². The molecule has 2 rings (SSSR count). The summed E-state index contributed by atoms with van der Waals surface area (Å²) in [5, 5.41) is 17.6. The number of benzene rings is 1. The molecule has 0 fully saturated rings. The van der Waals surface area contributed by atoms with Crippen LogP contribution in [-0.2, 0) is 4.74 Å². The third-order valence-corrected chi connectivity index (χ3v) is 4.65. The van der Waals surface area contributed by atoms with Gasteiger partial charge in [0, 0.05) is 5.56 Å². The molecular weight excluding hydrogens is 324 g/mol. The number of phenols is 1. The van der Waals surface area contributed by atoms with Crippen LogP contribution < -0.4 is 0 Å². The largest absolute Gasteiger partial charge is 0.508 e. The van der Waals surface area contributed by atoms with Crippen molar-refractivity contribution in [2.24, 2.45) is 4.99 Å². The second-order valence-electron chi connectivity index (χ2n) is 6.95. The Morgan fingerprint density at radius 2 is 1.58 bits per heavy atom. The van der Waals surface area contributed by atoms with Crippen molar-refractivity contribution in [1.82, 2.24) is 0 Å². The lowest BCUT2D eigenvalue weighted by atomic mass is 10.0. The SMILES string of the molecule is CCCCCCCCCCCOC1=CN=C(c2ccc(O)cc2)C(=N)C1. The number of allylic oxidation sites excluding steroid dienone is 1. The van der Waals surface area contributed by atoms with Crippen molar-refractivity contribution in [3.63, 3.8) is 0 Å². The summed E-state index contributed by atoms with van der Waals surface area (Å²) in [4.78, 5) is 4.38. The minimum atomic E-state index is 0.220. The quantitative estimate of drug-likeness (QED) is 0.451. The number of aromatic hydroxyl groups is 1. The number of aliphatic imine (C=N–C) groups is 1. The molecule has 0 aromatic heterocycles. The van der Waals surface area contributed by atoms with Crippen molar-refractivity contribution in [2.45, 2.75) is 71.1 Å². The van der Waals surface area contributed by atoms with E-state index in [4.69, 9.17) is 10.1 Å². The van der Waals surface area contributed by atoms with Gasteiger partial charge in [-0.25, -0.2) is 0 Å². The van der Waals surface area contributed by atoms with Gasteiger partial charge >= 0.3 is 0 Å². The van der Waals surface area contributed by atoms with Gasteiger partial charge in [-0.15, -0.1) is 0 Å². The number of rotatable bonds is 12. The summed E-state index contributed by atoms with van der Waals surface area (Å²) >= 11 is 0. The maximum Gasteiger partial charge on any atom is 0.120 e. The lowest BCUT2D eigenvalue weighted by Crippen LogP contribution is -2.19. The molecule has 4 nitrogen and oxygen atoms in total. The lowest BCUT2D eigenvalue weighted by Gasteiger charge is -2.16. The maximum absolute atomic E-state index is 9.36. The molecule has 0 atom stereocenters. The Morgan fingerprint density at radius 1 is 0.962 bits per heavy atom. The molecule has 0 saturated carbocycles. The monoisotopic (exact) mass is 356 g/mol. The van der Waals surface area contributed by atoms with Gasteiger partial charge in [0.25, 0.3) is 0 Å². The van der Waals surface area contributed by atoms with Gasteiger partial charge < -0.3 is 15.3 Å². The van der Waals surface area contributed by atoms with E-state index in [0.29, 0.717) is 24.5 Å². The molecule has 1 aliphatic heterocycles. The summed E-state index contributed by atoms with van der Waals surface area (Å²) in [6.07, 6.45) is 13.9. The second kappa shape index (κ2) is 11.5. The van der Waals surface area contributed by atoms with Crippen LogP contribution in [0.5, 0.6) is 5.75 Å². The first-order valence-corrected chi connectivity index (χ1v) is 9.97. The molecule has 142 valence electrons. The van der Waals surface area contributed by atoms with E-state index in [0.717, 1.165) is 17.7 Å². The van der Waals surface area contributed by atoms with E-state index in [1.807, 2.05) is 0 Å². The van der Waals surface area contributed by atoms with Gasteiger partial charge in [0.2, 0.25) is 0 Å². The number of ether oxygens (including phenoxy) is 1. The molecule has 0 unspecified atom stereocenters. The summed E-state index contributed by atoms with van der Waals surface area (Å²) < 4.78 is 5.79. The first kappa shape index (κ1) is 20.2. The predicted molar refractivity (Wildman–Crippen MR) is 108 cm³/mol. The van der Waals surface area contributed by atoms with E-state index in [1.165, 1.54) is 51.4 Å². The normalized spacial score (nSPS) is 14.1. The molecule has 2 N–H and O–H groups in total. The zero-order valence-electron chi connectivity index (χ0n) is 16.0. The molecule has 0 aliphatic carbocycles. The molecule has 1 aromatic rings. The van der Waals surface area contributed by atoms with Gasteiger partial charge in [-0.1, -0.05) is 58.3 Å². The number of hydrogen-bond acceptors (Lipinski definition) is 4. The smallest absolute Gasteiger partial charge is 0.120 e. The molecule has 1 aromatic carbocycles. The highest BCUT2D eigenvalue weighted by Gasteiger charge is 2.16. The number of phenolic OH excluding ortho intramolecular Hbond substituents is 1. The van der Waals surface area contributed by atoms with Crippen molar-refractivity contribution in [2.75, 3.05) is 6.61 Å². The zero-order valence-corrected chi connectivity index (χ0v) is 16.0. The van der Waals surface area contributed by atoms with Crippen molar-refractivity contribution in [3.8, 4) is 5.75 Å². The van der Waals surface area contributed by atoms with E-state index in [-0.39, 0.29) is 5.75 Å². The third-order valence-electron chi connectivity index (χ3n) is 4.65. The van der Waals surface area contributed by atoms with E-state index in [2.05, 4.69) is 11.9 Å². The Hall–Kier alpha value is -2.10. The average Bonchev–Trinajstić information content (AvgIpc) is 2.64. The van der Waals surface area contributed by atoms with E-state index >= 15 is 0 Å². The summed E-state index contributed by atoms with van der Waals surface area (Å²) in [6.45, 7) is 2.96. The van der Waals surface area contributed by atoms with Crippen LogP contribution in [0.2, 0.25) is 0 Å². The minimum absolute atomic E-state index is 0.220. The van der Waals surface area contributed by atoms with Crippen LogP contribution in [-0.4, -0.2) is 23.1 Å². The topological polar surface area (TPSA) is 65.7 Å². The van der Waals surface area contributed by atoms with E-state index in [1.54, 1.807) is 30.5 Å². The van der Waals surface area contributed by atoms with Gasteiger partial charge in [0.15, 0.2) is 0 Å². The fraction of sp³-hybridized carbons (Fsp3) is 0.545.